The van der Waals surface area contributed by atoms with Gasteiger partial charge in [-0.3, -0.25) is 0 Å². The Kier molecular flexibility index (Phi) is 7.19. The number of carbonyl (C=O) groups excluding carboxylic acids is 2. The highest BCUT2D eigenvalue weighted by atomic mass is 35.5. The Balaban J connectivity index is 2.31. The van der Waals surface area contributed by atoms with E-state index in [9.17, 15) is 9.59 Å². The van der Waals surface area contributed by atoms with Crippen LogP contribution in [0.25, 0.3) is 5.57 Å². The van der Waals surface area contributed by atoms with Crippen LogP contribution in [0.3, 0.4) is 0 Å². The largest absolute Gasteiger partial charge is 0.463 e. The fraction of sp³-hybridized carbons (Fsp3) is 0.304. The lowest BCUT2D eigenvalue weighted by Crippen LogP contribution is -2.50. The molecule has 0 aromatic heterocycles. The maximum Gasteiger partial charge on any atom is 0.354 e. The van der Waals surface area contributed by atoms with Crippen molar-refractivity contribution in [2.24, 2.45) is 0 Å². The predicted molar refractivity (Wildman–Crippen MR) is 115 cm³/mol. The van der Waals surface area contributed by atoms with Crippen LogP contribution < -0.4 is 0 Å². The Morgan fingerprint density at radius 3 is 1.70 bits per heavy atom. The molecule has 2 aromatic carbocycles. The van der Waals surface area contributed by atoms with Gasteiger partial charge in [-0.05, 0) is 66.8 Å². The average molecular weight is 449 g/mol. The van der Waals surface area contributed by atoms with Crippen molar-refractivity contribution in [1.82, 2.24) is 0 Å². The molecule has 1 fully saturated rings. The van der Waals surface area contributed by atoms with Gasteiger partial charge in [0.1, 0.15) is 0 Å². The molecule has 0 spiro atoms. The van der Waals surface area contributed by atoms with Crippen LogP contribution in [-0.2, 0) is 23.8 Å². The van der Waals surface area contributed by atoms with Crippen molar-refractivity contribution in [3.63, 3.8) is 0 Å². The minimum absolute atomic E-state index is 0.105. The van der Waals surface area contributed by atoms with Crippen molar-refractivity contribution >= 4 is 40.7 Å². The minimum Gasteiger partial charge on any atom is -0.463 e. The molecule has 0 unspecified atom stereocenters. The number of halogens is 2. The van der Waals surface area contributed by atoms with Crippen LogP contribution in [0.5, 0.6) is 0 Å². The maximum absolute atomic E-state index is 13.0. The summed E-state index contributed by atoms with van der Waals surface area (Å²) in [6, 6.07) is 14.3. The second kappa shape index (κ2) is 9.65. The van der Waals surface area contributed by atoms with Gasteiger partial charge >= 0.3 is 11.9 Å². The first-order valence-electron chi connectivity index (χ1n) is 9.68. The minimum atomic E-state index is -1.96. The van der Waals surface area contributed by atoms with Gasteiger partial charge in [-0.25, -0.2) is 9.59 Å². The van der Waals surface area contributed by atoms with E-state index in [1.165, 1.54) is 0 Å². The molecule has 7 heteroatoms. The molecule has 1 aliphatic heterocycles. The van der Waals surface area contributed by atoms with E-state index in [-0.39, 0.29) is 19.8 Å². The van der Waals surface area contributed by atoms with Crippen molar-refractivity contribution in [3.8, 4) is 0 Å². The molecule has 158 valence electrons. The maximum atomic E-state index is 13.0. The van der Waals surface area contributed by atoms with Gasteiger partial charge in [0.05, 0.1) is 19.8 Å². The smallest absolute Gasteiger partial charge is 0.354 e. The standard InChI is InChI=1S/C23H22Cl2O5/c1-3-28-21(26)23(22(27)29-4-2)19(13-14-30-23)20(15-5-9-17(24)10-6-15)16-7-11-18(25)12-8-16/h5-12H,3-4,13-14H2,1-2H3. The van der Waals surface area contributed by atoms with Crippen LogP contribution >= 0.6 is 23.2 Å². The second-order valence-electron chi connectivity index (χ2n) is 6.59. The third-order valence-electron chi connectivity index (χ3n) is 4.79. The van der Waals surface area contributed by atoms with Crippen LogP contribution in [0, 0.1) is 0 Å². The first kappa shape index (κ1) is 22.3. The molecule has 0 atom stereocenters. The van der Waals surface area contributed by atoms with Crippen LogP contribution in [0.2, 0.25) is 10.0 Å². The quantitative estimate of drug-likeness (QED) is 0.455. The summed E-state index contributed by atoms with van der Waals surface area (Å²) in [5.41, 5.74) is 0.770. The van der Waals surface area contributed by atoms with Crippen molar-refractivity contribution < 1.29 is 23.8 Å². The Bertz CT molecular complexity index is 883. The summed E-state index contributed by atoms with van der Waals surface area (Å²) >= 11 is 12.2. The van der Waals surface area contributed by atoms with E-state index in [1.54, 1.807) is 38.1 Å². The molecule has 0 bridgehead atoms. The first-order chi connectivity index (χ1) is 14.4. The van der Waals surface area contributed by atoms with Crippen molar-refractivity contribution in [3.05, 3.63) is 75.3 Å². The molecule has 0 aliphatic carbocycles. The molecule has 0 N–H and O–H groups in total. The molecule has 0 radical (unpaired) electrons. The lowest BCUT2D eigenvalue weighted by Gasteiger charge is -2.27. The normalized spacial score (nSPS) is 15.0. The van der Waals surface area contributed by atoms with Gasteiger partial charge < -0.3 is 14.2 Å². The molecule has 5 nitrogen and oxygen atoms in total. The fourth-order valence-electron chi connectivity index (χ4n) is 3.53. The third-order valence-corrected chi connectivity index (χ3v) is 5.29. The average Bonchev–Trinajstić information content (AvgIpc) is 3.17. The molecule has 3 rings (SSSR count). The van der Waals surface area contributed by atoms with Gasteiger partial charge in [0, 0.05) is 10.0 Å². The van der Waals surface area contributed by atoms with E-state index in [0.717, 1.165) is 11.1 Å². The Morgan fingerprint density at radius 1 is 0.867 bits per heavy atom. The van der Waals surface area contributed by atoms with E-state index in [0.29, 0.717) is 27.6 Å². The lowest BCUT2D eigenvalue weighted by molar-refractivity contribution is -0.180. The highest BCUT2D eigenvalue weighted by molar-refractivity contribution is 6.31. The molecular formula is C23H22Cl2O5. The SMILES string of the molecule is CCOC(=O)C1(C(=O)OCC)OCCC1=C(c1ccc(Cl)cc1)c1ccc(Cl)cc1. The number of benzene rings is 2. The summed E-state index contributed by atoms with van der Waals surface area (Å²) in [6.45, 7) is 3.74. The van der Waals surface area contributed by atoms with E-state index >= 15 is 0 Å². The highest BCUT2D eigenvalue weighted by Gasteiger charge is 2.57. The van der Waals surface area contributed by atoms with Gasteiger partial charge in [-0.15, -0.1) is 0 Å². The molecule has 0 amide bonds. The fourth-order valence-corrected chi connectivity index (χ4v) is 3.78. The zero-order chi connectivity index (χ0) is 21.7. The molecule has 0 saturated carbocycles. The van der Waals surface area contributed by atoms with Crippen LogP contribution in [0.1, 0.15) is 31.4 Å². The topological polar surface area (TPSA) is 61.8 Å². The van der Waals surface area contributed by atoms with Gasteiger partial charge in [0.15, 0.2) is 0 Å². The zero-order valence-corrected chi connectivity index (χ0v) is 18.3. The summed E-state index contributed by atoms with van der Waals surface area (Å²) < 4.78 is 16.3. The zero-order valence-electron chi connectivity index (χ0n) is 16.7. The van der Waals surface area contributed by atoms with Gasteiger partial charge in [-0.1, -0.05) is 47.5 Å². The van der Waals surface area contributed by atoms with Crippen molar-refractivity contribution in [1.29, 1.82) is 0 Å². The Hall–Kier alpha value is -2.34. The number of rotatable bonds is 6. The van der Waals surface area contributed by atoms with Crippen LogP contribution in [0.4, 0.5) is 0 Å². The molecule has 1 aliphatic rings. The van der Waals surface area contributed by atoms with E-state index in [2.05, 4.69) is 0 Å². The van der Waals surface area contributed by atoms with E-state index in [4.69, 9.17) is 37.4 Å². The summed E-state index contributed by atoms with van der Waals surface area (Å²) in [7, 11) is 0. The monoisotopic (exact) mass is 448 g/mol. The van der Waals surface area contributed by atoms with Gasteiger partial charge in [-0.2, -0.15) is 0 Å². The molecule has 1 saturated heterocycles. The van der Waals surface area contributed by atoms with Crippen LogP contribution in [0.15, 0.2) is 54.1 Å². The van der Waals surface area contributed by atoms with E-state index < -0.39 is 17.5 Å². The lowest BCUT2D eigenvalue weighted by atomic mass is 9.83. The summed E-state index contributed by atoms with van der Waals surface area (Å²) in [6.07, 6.45) is 0.359. The number of esters is 2. The second-order valence-corrected chi connectivity index (χ2v) is 7.46. The summed E-state index contributed by atoms with van der Waals surface area (Å²) in [5.74, 6) is -1.56. The number of ether oxygens (including phenoxy) is 3. The summed E-state index contributed by atoms with van der Waals surface area (Å²) in [4.78, 5) is 26.1. The first-order valence-corrected chi connectivity index (χ1v) is 10.4. The summed E-state index contributed by atoms with van der Waals surface area (Å²) in [5, 5.41) is 1.15. The third kappa shape index (κ3) is 4.24. The Labute approximate surface area is 185 Å². The van der Waals surface area contributed by atoms with E-state index in [1.807, 2.05) is 24.3 Å². The number of carbonyl (C=O) groups is 2. The molecule has 2 aromatic rings. The van der Waals surface area contributed by atoms with Gasteiger partial charge in [0.2, 0.25) is 0 Å². The Morgan fingerprint density at radius 2 is 1.30 bits per heavy atom. The number of hydrogen-bond donors (Lipinski definition) is 0. The van der Waals surface area contributed by atoms with Gasteiger partial charge in [0.25, 0.3) is 5.60 Å². The predicted octanol–water partition coefficient (Wildman–Crippen LogP) is 5.08. The number of hydrogen-bond acceptors (Lipinski definition) is 5. The van der Waals surface area contributed by atoms with Crippen molar-refractivity contribution in [2.45, 2.75) is 25.9 Å². The highest BCUT2D eigenvalue weighted by Crippen LogP contribution is 2.42. The molecule has 30 heavy (non-hydrogen) atoms. The molecular weight excluding hydrogens is 427 g/mol. The molecule has 1 heterocycles. The van der Waals surface area contributed by atoms with Crippen LogP contribution in [-0.4, -0.2) is 37.4 Å². The van der Waals surface area contributed by atoms with Crippen molar-refractivity contribution in [2.75, 3.05) is 19.8 Å².